The summed E-state index contributed by atoms with van der Waals surface area (Å²) in [6.45, 7) is 12.2. The highest BCUT2D eigenvalue weighted by molar-refractivity contribution is 5.82. The number of rotatable bonds is 2. The second-order valence-electron chi connectivity index (χ2n) is 8.12. The average Bonchev–Trinajstić information content (AvgIpc) is 2.46. The number of piperazine rings is 1. The lowest BCUT2D eigenvalue weighted by Crippen LogP contribution is -2.57. The number of nitrogens with zero attached hydrogens (tertiary/aromatic N) is 2. The smallest absolute Gasteiger partial charge is 0.240 e. The quantitative estimate of drug-likeness (QED) is 0.848. The predicted octanol–water partition coefficient (Wildman–Crippen LogP) is 2.08. The molecule has 0 aromatic carbocycles. The predicted molar refractivity (Wildman–Crippen MR) is 87.0 cm³/mol. The Hall–Kier alpha value is -0.610. The van der Waals surface area contributed by atoms with Gasteiger partial charge in [-0.3, -0.25) is 9.69 Å². The molecule has 2 N–H and O–H groups in total. The highest BCUT2D eigenvalue weighted by Gasteiger charge is 2.34. The van der Waals surface area contributed by atoms with Crippen LogP contribution in [0.3, 0.4) is 0 Å². The zero-order valence-electron chi connectivity index (χ0n) is 14.3. The summed E-state index contributed by atoms with van der Waals surface area (Å²) in [7, 11) is 0. The Labute approximate surface area is 130 Å². The SMILES string of the molecule is CC1CCC(N2CCN(C(=O)[C@@H](N)C(C)(C)C)CC2)CC1. The van der Waals surface area contributed by atoms with Crippen molar-refractivity contribution in [3.8, 4) is 0 Å². The van der Waals surface area contributed by atoms with Crippen LogP contribution in [0.25, 0.3) is 0 Å². The normalized spacial score (nSPS) is 30.2. The minimum Gasteiger partial charge on any atom is -0.339 e. The van der Waals surface area contributed by atoms with E-state index in [-0.39, 0.29) is 17.4 Å². The Morgan fingerprint density at radius 2 is 1.57 bits per heavy atom. The van der Waals surface area contributed by atoms with Crippen molar-refractivity contribution in [1.82, 2.24) is 9.80 Å². The molecule has 1 saturated carbocycles. The molecular weight excluding hydrogens is 262 g/mol. The van der Waals surface area contributed by atoms with Gasteiger partial charge in [0.25, 0.3) is 0 Å². The Kier molecular flexibility index (Phi) is 5.31. The van der Waals surface area contributed by atoms with Gasteiger partial charge in [0.2, 0.25) is 5.91 Å². The maximum atomic E-state index is 12.5. The van der Waals surface area contributed by atoms with Crippen LogP contribution in [0.2, 0.25) is 0 Å². The molecule has 4 heteroatoms. The molecule has 2 fully saturated rings. The van der Waals surface area contributed by atoms with Gasteiger partial charge < -0.3 is 10.6 Å². The molecule has 0 bridgehead atoms. The van der Waals surface area contributed by atoms with E-state index in [1.807, 2.05) is 25.7 Å². The fraction of sp³-hybridized carbons (Fsp3) is 0.941. The van der Waals surface area contributed by atoms with Crippen LogP contribution in [-0.2, 0) is 4.79 Å². The molecule has 1 saturated heterocycles. The summed E-state index contributed by atoms with van der Waals surface area (Å²) in [5.74, 6) is 1.02. The van der Waals surface area contributed by atoms with Crippen molar-refractivity contribution < 1.29 is 4.79 Å². The lowest BCUT2D eigenvalue weighted by atomic mass is 9.86. The van der Waals surface area contributed by atoms with Gasteiger partial charge in [0.1, 0.15) is 0 Å². The molecule has 2 aliphatic rings. The van der Waals surface area contributed by atoms with Crippen LogP contribution in [0.4, 0.5) is 0 Å². The lowest BCUT2D eigenvalue weighted by molar-refractivity contribution is -0.137. The van der Waals surface area contributed by atoms with Crippen LogP contribution in [0.1, 0.15) is 53.4 Å². The van der Waals surface area contributed by atoms with Gasteiger partial charge in [0.15, 0.2) is 0 Å². The maximum absolute atomic E-state index is 12.5. The Morgan fingerprint density at radius 3 is 2.05 bits per heavy atom. The summed E-state index contributed by atoms with van der Waals surface area (Å²) in [6, 6.07) is 0.356. The summed E-state index contributed by atoms with van der Waals surface area (Å²) < 4.78 is 0. The first-order valence-electron chi connectivity index (χ1n) is 8.57. The van der Waals surface area contributed by atoms with Gasteiger partial charge in [-0.1, -0.05) is 27.7 Å². The molecule has 0 aromatic heterocycles. The minimum absolute atomic E-state index is 0.124. The van der Waals surface area contributed by atoms with Crippen molar-refractivity contribution in [2.45, 2.75) is 65.5 Å². The van der Waals surface area contributed by atoms with Crippen molar-refractivity contribution in [2.24, 2.45) is 17.1 Å². The molecule has 0 spiro atoms. The van der Waals surface area contributed by atoms with Crippen molar-refractivity contribution in [3.63, 3.8) is 0 Å². The number of amides is 1. The molecule has 0 aromatic rings. The standard InChI is InChI=1S/C17H33N3O/c1-13-5-7-14(8-6-13)19-9-11-20(12-10-19)16(21)15(18)17(2,3)4/h13-15H,5-12,18H2,1-4H3/t13?,14?,15-/m1/s1. The summed E-state index contributed by atoms with van der Waals surface area (Å²) in [5, 5.41) is 0. The monoisotopic (exact) mass is 295 g/mol. The van der Waals surface area contributed by atoms with E-state index in [9.17, 15) is 4.79 Å². The Bertz CT molecular complexity index is 348. The van der Waals surface area contributed by atoms with Crippen molar-refractivity contribution in [2.75, 3.05) is 26.2 Å². The van der Waals surface area contributed by atoms with Gasteiger partial charge in [-0.2, -0.15) is 0 Å². The third-order valence-corrected chi connectivity index (χ3v) is 5.33. The second-order valence-corrected chi connectivity index (χ2v) is 8.12. The zero-order chi connectivity index (χ0) is 15.6. The summed E-state index contributed by atoms with van der Waals surface area (Å²) >= 11 is 0. The second kappa shape index (κ2) is 6.66. The molecule has 1 atom stereocenters. The van der Waals surface area contributed by atoms with Gasteiger partial charge in [0.05, 0.1) is 6.04 Å². The molecule has 4 nitrogen and oxygen atoms in total. The molecule has 1 aliphatic carbocycles. The lowest BCUT2D eigenvalue weighted by Gasteiger charge is -2.43. The van der Waals surface area contributed by atoms with E-state index < -0.39 is 0 Å². The third kappa shape index (κ3) is 4.19. The summed E-state index contributed by atoms with van der Waals surface area (Å²) in [6.07, 6.45) is 5.38. The first-order chi connectivity index (χ1) is 9.79. The van der Waals surface area contributed by atoms with Crippen LogP contribution >= 0.6 is 0 Å². The van der Waals surface area contributed by atoms with E-state index in [4.69, 9.17) is 5.73 Å². The number of hydrogen-bond acceptors (Lipinski definition) is 3. The first-order valence-corrected chi connectivity index (χ1v) is 8.57. The number of carbonyl (C=O) groups is 1. The number of carbonyl (C=O) groups excluding carboxylic acids is 1. The van der Waals surface area contributed by atoms with Crippen LogP contribution in [0, 0.1) is 11.3 Å². The Morgan fingerprint density at radius 1 is 1.05 bits per heavy atom. The van der Waals surface area contributed by atoms with Crippen molar-refractivity contribution in [1.29, 1.82) is 0 Å². The maximum Gasteiger partial charge on any atom is 0.240 e. The number of nitrogens with two attached hydrogens (primary N) is 1. The van der Waals surface area contributed by atoms with Crippen molar-refractivity contribution >= 4 is 5.91 Å². The molecule has 122 valence electrons. The van der Waals surface area contributed by atoms with Crippen LogP contribution in [0.15, 0.2) is 0 Å². The zero-order valence-corrected chi connectivity index (χ0v) is 14.3. The molecule has 1 amide bonds. The van der Waals surface area contributed by atoms with E-state index in [1.54, 1.807) is 0 Å². The highest BCUT2D eigenvalue weighted by Crippen LogP contribution is 2.28. The molecule has 0 unspecified atom stereocenters. The van der Waals surface area contributed by atoms with E-state index in [0.717, 1.165) is 38.1 Å². The minimum atomic E-state index is -0.389. The van der Waals surface area contributed by atoms with E-state index in [0.29, 0.717) is 0 Å². The first kappa shape index (κ1) is 16.8. The largest absolute Gasteiger partial charge is 0.339 e. The van der Waals surface area contributed by atoms with Crippen LogP contribution in [-0.4, -0.2) is 54.0 Å². The van der Waals surface area contributed by atoms with Gasteiger partial charge >= 0.3 is 0 Å². The van der Waals surface area contributed by atoms with E-state index in [2.05, 4.69) is 11.8 Å². The molecule has 0 radical (unpaired) electrons. The molecular formula is C17H33N3O. The van der Waals surface area contributed by atoms with Gasteiger partial charge in [0, 0.05) is 32.2 Å². The molecule has 1 heterocycles. The fourth-order valence-corrected chi connectivity index (χ4v) is 3.48. The summed E-state index contributed by atoms with van der Waals surface area (Å²) in [5.41, 5.74) is 5.95. The average molecular weight is 295 g/mol. The van der Waals surface area contributed by atoms with Gasteiger partial charge in [-0.15, -0.1) is 0 Å². The molecule has 21 heavy (non-hydrogen) atoms. The number of hydrogen-bond donors (Lipinski definition) is 1. The van der Waals surface area contributed by atoms with Gasteiger partial charge in [-0.25, -0.2) is 0 Å². The highest BCUT2D eigenvalue weighted by atomic mass is 16.2. The summed E-state index contributed by atoms with van der Waals surface area (Å²) in [4.78, 5) is 17.0. The van der Waals surface area contributed by atoms with E-state index >= 15 is 0 Å². The fourth-order valence-electron chi connectivity index (χ4n) is 3.48. The molecule has 2 rings (SSSR count). The van der Waals surface area contributed by atoms with E-state index in [1.165, 1.54) is 25.7 Å². The third-order valence-electron chi connectivity index (χ3n) is 5.33. The van der Waals surface area contributed by atoms with Crippen LogP contribution < -0.4 is 5.73 Å². The van der Waals surface area contributed by atoms with Crippen molar-refractivity contribution in [3.05, 3.63) is 0 Å². The van der Waals surface area contributed by atoms with Crippen LogP contribution in [0.5, 0.6) is 0 Å². The molecule has 1 aliphatic heterocycles. The Balaban J connectivity index is 1.82. The topological polar surface area (TPSA) is 49.6 Å². The van der Waals surface area contributed by atoms with Gasteiger partial charge in [-0.05, 0) is 37.0 Å².